The largest absolute Gasteiger partial charge is 0.496 e. The highest BCUT2D eigenvalue weighted by Gasteiger charge is 2.22. The molecule has 1 aromatic carbocycles. The van der Waals surface area contributed by atoms with Crippen LogP contribution in [0.25, 0.3) is 0 Å². The van der Waals surface area contributed by atoms with E-state index >= 15 is 0 Å². The number of nitrogens with zero attached hydrogens (tertiary/aromatic N) is 1. The zero-order valence-electron chi connectivity index (χ0n) is 10.3. The second kappa shape index (κ2) is 4.71. The van der Waals surface area contributed by atoms with Crippen molar-refractivity contribution in [3.63, 3.8) is 0 Å². The Morgan fingerprint density at radius 3 is 2.94 bits per heavy atom. The Morgan fingerprint density at radius 1 is 1.33 bits per heavy atom. The maximum absolute atomic E-state index is 6.32. The Morgan fingerprint density at radius 2 is 2.17 bits per heavy atom. The summed E-state index contributed by atoms with van der Waals surface area (Å²) in [6, 6.07) is 7.71. The van der Waals surface area contributed by atoms with E-state index in [2.05, 4.69) is 4.98 Å². The average molecular weight is 260 g/mol. The van der Waals surface area contributed by atoms with E-state index in [1.807, 2.05) is 24.3 Å². The van der Waals surface area contributed by atoms with Gasteiger partial charge in [0.05, 0.1) is 18.8 Å². The Balaban J connectivity index is 1.95. The van der Waals surface area contributed by atoms with Crippen LogP contribution >= 0.6 is 11.3 Å². The van der Waals surface area contributed by atoms with Gasteiger partial charge in [-0.3, -0.25) is 0 Å². The summed E-state index contributed by atoms with van der Waals surface area (Å²) in [5, 5.41) is 1.00. The molecular weight excluding hydrogens is 244 g/mol. The number of hydrogen-bond acceptors (Lipinski definition) is 4. The van der Waals surface area contributed by atoms with Gasteiger partial charge < -0.3 is 10.5 Å². The van der Waals surface area contributed by atoms with E-state index < -0.39 is 0 Å². The van der Waals surface area contributed by atoms with E-state index in [0.29, 0.717) is 0 Å². The molecule has 1 heterocycles. The van der Waals surface area contributed by atoms with E-state index in [1.54, 1.807) is 18.4 Å². The van der Waals surface area contributed by atoms with E-state index in [0.717, 1.165) is 29.2 Å². The molecule has 3 nitrogen and oxygen atoms in total. The van der Waals surface area contributed by atoms with Gasteiger partial charge in [0.15, 0.2) is 0 Å². The second-order valence-electron chi connectivity index (χ2n) is 4.50. The van der Waals surface area contributed by atoms with Gasteiger partial charge in [-0.1, -0.05) is 18.2 Å². The molecule has 0 amide bonds. The van der Waals surface area contributed by atoms with Crippen LogP contribution in [0.15, 0.2) is 24.3 Å². The Labute approximate surface area is 111 Å². The summed E-state index contributed by atoms with van der Waals surface area (Å²) < 4.78 is 5.36. The molecule has 1 aliphatic carbocycles. The number of rotatable bonds is 3. The summed E-state index contributed by atoms with van der Waals surface area (Å²) in [6.45, 7) is 0. The van der Waals surface area contributed by atoms with Gasteiger partial charge in [0, 0.05) is 10.4 Å². The molecule has 3 rings (SSSR count). The van der Waals surface area contributed by atoms with Gasteiger partial charge in [0.25, 0.3) is 0 Å². The van der Waals surface area contributed by atoms with Gasteiger partial charge in [-0.25, -0.2) is 4.98 Å². The van der Waals surface area contributed by atoms with Crippen LogP contribution in [0.5, 0.6) is 5.75 Å². The Bertz CT molecular complexity index is 543. The first-order valence-electron chi connectivity index (χ1n) is 6.16. The lowest BCUT2D eigenvalue weighted by Crippen LogP contribution is -2.13. The molecule has 1 aromatic heterocycles. The highest BCUT2D eigenvalue weighted by atomic mass is 32.1. The molecular formula is C14H16N2OS. The fourth-order valence-corrected chi connectivity index (χ4v) is 3.57. The maximum atomic E-state index is 6.32. The van der Waals surface area contributed by atoms with Crippen LogP contribution in [0.1, 0.15) is 33.6 Å². The fraction of sp³-hybridized carbons (Fsp3) is 0.357. The van der Waals surface area contributed by atoms with Crippen LogP contribution in [-0.2, 0) is 12.8 Å². The first-order valence-corrected chi connectivity index (χ1v) is 6.98. The zero-order chi connectivity index (χ0) is 12.5. The Kier molecular flexibility index (Phi) is 3.06. The average Bonchev–Trinajstić information content (AvgIpc) is 2.98. The van der Waals surface area contributed by atoms with Crippen molar-refractivity contribution in [3.05, 3.63) is 45.4 Å². The van der Waals surface area contributed by atoms with Crippen molar-refractivity contribution in [2.24, 2.45) is 5.73 Å². The van der Waals surface area contributed by atoms with Gasteiger partial charge in [-0.2, -0.15) is 0 Å². The molecule has 0 fully saturated rings. The summed E-state index contributed by atoms with van der Waals surface area (Å²) in [5.41, 5.74) is 8.58. The number of aromatic nitrogens is 1. The number of hydrogen-bond donors (Lipinski definition) is 1. The van der Waals surface area contributed by atoms with Gasteiger partial charge in [0.2, 0.25) is 0 Å². The number of methoxy groups -OCH3 is 1. The highest BCUT2D eigenvalue weighted by Crippen LogP contribution is 2.34. The van der Waals surface area contributed by atoms with E-state index in [1.165, 1.54) is 17.0 Å². The molecule has 1 aliphatic rings. The van der Waals surface area contributed by atoms with Crippen molar-refractivity contribution in [1.82, 2.24) is 4.98 Å². The van der Waals surface area contributed by atoms with Crippen molar-refractivity contribution in [2.75, 3.05) is 7.11 Å². The van der Waals surface area contributed by atoms with Crippen LogP contribution < -0.4 is 10.5 Å². The third kappa shape index (κ3) is 1.91. The zero-order valence-corrected chi connectivity index (χ0v) is 11.2. The molecule has 1 unspecified atom stereocenters. The number of nitrogens with two attached hydrogens (primary N) is 1. The third-order valence-corrected chi connectivity index (χ3v) is 4.59. The lowest BCUT2D eigenvalue weighted by Gasteiger charge is -2.13. The van der Waals surface area contributed by atoms with Crippen LogP contribution in [-0.4, -0.2) is 12.1 Å². The normalized spacial score (nSPS) is 15.4. The summed E-state index contributed by atoms with van der Waals surface area (Å²) >= 11 is 1.75. The van der Waals surface area contributed by atoms with Crippen LogP contribution in [0, 0.1) is 0 Å². The number of aryl methyl sites for hydroxylation is 2. The van der Waals surface area contributed by atoms with Gasteiger partial charge in [-0.15, -0.1) is 11.3 Å². The molecule has 0 saturated carbocycles. The highest BCUT2D eigenvalue weighted by molar-refractivity contribution is 7.11. The van der Waals surface area contributed by atoms with E-state index in [9.17, 15) is 0 Å². The van der Waals surface area contributed by atoms with Gasteiger partial charge in [-0.05, 0) is 25.3 Å². The van der Waals surface area contributed by atoms with Gasteiger partial charge in [0.1, 0.15) is 10.8 Å². The lowest BCUT2D eigenvalue weighted by atomic mass is 10.1. The monoisotopic (exact) mass is 260 g/mol. The van der Waals surface area contributed by atoms with Crippen molar-refractivity contribution in [3.8, 4) is 5.75 Å². The molecule has 18 heavy (non-hydrogen) atoms. The molecule has 0 radical (unpaired) electrons. The predicted molar refractivity (Wildman–Crippen MR) is 73.2 cm³/mol. The summed E-state index contributed by atoms with van der Waals surface area (Å²) in [6.07, 6.45) is 3.49. The first kappa shape index (κ1) is 11.7. The molecule has 2 N–H and O–H groups in total. The summed E-state index contributed by atoms with van der Waals surface area (Å²) in [7, 11) is 1.67. The summed E-state index contributed by atoms with van der Waals surface area (Å²) in [4.78, 5) is 6.09. The molecule has 0 spiro atoms. The van der Waals surface area contributed by atoms with Crippen molar-refractivity contribution in [1.29, 1.82) is 0 Å². The Hall–Kier alpha value is -1.39. The number of thiazole rings is 1. The molecule has 1 atom stereocenters. The number of benzene rings is 1. The van der Waals surface area contributed by atoms with Crippen molar-refractivity contribution < 1.29 is 4.74 Å². The van der Waals surface area contributed by atoms with Crippen LogP contribution in [0.3, 0.4) is 0 Å². The smallest absolute Gasteiger partial charge is 0.124 e. The van der Waals surface area contributed by atoms with Crippen LogP contribution in [0.2, 0.25) is 0 Å². The minimum atomic E-state index is -0.184. The topological polar surface area (TPSA) is 48.1 Å². The fourth-order valence-electron chi connectivity index (χ4n) is 2.40. The summed E-state index contributed by atoms with van der Waals surface area (Å²) in [5.74, 6) is 0.834. The van der Waals surface area contributed by atoms with Crippen LogP contribution in [0.4, 0.5) is 0 Å². The SMILES string of the molecule is COc1ccccc1C(N)c1nc2c(s1)CCC2. The molecule has 0 aliphatic heterocycles. The standard InChI is InChI=1S/C14H16N2OS/c1-17-11-7-3-2-5-9(11)13(15)14-16-10-6-4-8-12(10)18-14/h2-3,5,7,13H,4,6,8,15H2,1H3. The number of para-hydroxylation sites is 1. The number of ether oxygens (including phenoxy) is 1. The molecule has 0 bridgehead atoms. The third-order valence-electron chi connectivity index (χ3n) is 3.35. The van der Waals surface area contributed by atoms with E-state index in [-0.39, 0.29) is 6.04 Å². The first-order chi connectivity index (χ1) is 8.79. The quantitative estimate of drug-likeness (QED) is 0.923. The maximum Gasteiger partial charge on any atom is 0.124 e. The number of fused-ring (bicyclic) bond motifs is 1. The minimum absolute atomic E-state index is 0.184. The second-order valence-corrected chi connectivity index (χ2v) is 5.61. The molecule has 0 saturated heterocycles. The van der Waals surface area contributed by atoms with E-state index in [4.69, 9.17) is 10.5 Å². The lowest BCUT2D eigenvalue weighted by molar-refractivity contribution is 0.408. The molecule has 2 aromatic rings. The molecule has 4 heteroatoms. The van der Waals surface area contributed by atoms with Gasteiger partial charge >= 0.3 is 0 Å². The predicted octanol–water partition coefficient (Wildman–Crippen LogP) is 2.69. The van der Waals surface area contributed by atoms with Crippen molar-refractivity contribution >= 4 is 11.3 Å². The molecule has 94 valence electrons. The van der Waals surface area contributed by atoms with Crippen molar-refractivity contribution in [2.45, 2.75) is 25.3 Å². The minimum Gasteiger partial charge on any atom is -0.496 e.